The van der Waals surface area contributed by atoms with Gasteiger partial charge in [0.25, 0.3) is 0 Å². The number of nitrogens with zero attached hydrogens (tertiary/aromatic N) is 3. The summed E-state index contributed by atoms with van der Waals surface area (Å²) in [6.45, 7) is -0.108. The molecule has 0 fully saturated rings. The van der Waals surface area contributed by atoms with Crippen LogP contribution >= 0.6 is 0 Å². The first-order valence-electron chi connectivity index (χ1n) is 9.17. The van der Waals surface area contributed by atoms with E-state index in [4.69, 9.17) is 9.47 Å². The van der Waals surface area contributed by atoms with Gasteiger partial charge in [0.05, 0.1) is 15.9 Å². The van der Waals surface area contributed by atoms with Crippen LogP contribution in [0.15, 0.2) is 58.2 Å². The molecule has 0 atom stereocenters. The van der Waals surface area contributed by atoms with Crippen LogP contribution < -0.4 is 10.4 Å². The molecule has 3 aromatic rings. The summed E-state index contributed by atoms with van der Waals surface area (Å²) in [6, 6.07) is 13.2. The minimum Gasteiger partial charge on any atom is -0.490 e. The van der Waals surface area contributed by atoms with E-state index in [9.17, 15) is 18.0 Å². The Labute approximate surface area is 174 Å². The predicted molar refractivity (Wildman–Crippen MR) is 111 cm³/mol. The molecule has 0 aliphatic rings. The summed E-state index contributed by atoms with van der Waals surface area (Å²) in [4.78, 5) is 24.6. The Hall–Kier alpha value is -3.11. The Kier molecular flexibility index (Phi) is 6.28. The molecule has 0 radical (unpaired) electrons. The Morgan fingerprint density at radius 3 is 2.27 bits per heavy atom. The fourth-order valence-corrected chi connectivity index (χ4v) is 3.83. The third-order valence-corrected chi connectivity index (χ3v) is 6.39. The topological polar surface area (TPSA) is 99.8 Å². The molecule has 0 saturated carbocycles. The highest BCUT2D eigenvalue weighted by atomic mass is 32.2. The molecule has 1 aromatic heterocycles. The third-order valence-electron chi connectivity index (χ3n) is 4.56. The molecule has 10 heteroatoms. The van der Waals surface area contributed by atoms with Crippen LogP contribution in [0.3, 0.4) is 0 Å². The van der Waals surface area contributed by atoms with Gasteiger partial charge < -0.3 is 9.47 Å². The lowest BCUT2D eigenvalue weighted by molar-refractivity contribution is -0.145. The number of carbonyl (C=O) groups is 1. The van der Waals surface area contributed by atoms with Gasteiger partial charge in [-0.1, -0.05) is 12.1 Å². The van der Waals surface area contributed by atoms with E-state index in [1.54, 1.807) is 19.2 Å². The summed E-state index contributed by atoms with van der Waals surface area (Å²) in [5.41, 5.74) is 1.10. The molecule has 1 heterocycles. The zero-order valence-corrected chi connectivity index (χ0v) is 17.8. The van der Waals surface area contributed by atoms with E-state index in [2.05, 4.69) is 0 Å². The van der Waals surface area contributed by atoms with Gasteiger partial charge in [0.2, 0.25) is 10.0 Å². The highest BCUT2D eigenvalue weighted by Crippen LogP contribution is 2.18. The van der Waals surface area contributed by atoms with E-state index in [-0.39, 0.29) is 30.3 Å². The van der Waals surface area contributed by atoms with Crippen molar-refractivity contribution in [1.29, 1.82) is 0 Å². The molecular formula is C20H23N3O6S. The van der Waals surface area contributed by atoms with Gasteiger partial charge in [0.15, 0.2) is 0 Å². The van der Waals surface area contributed by atoms with Crippen molar-refractivity contribution in [2.75, 3.05) is 27.3 Å². The number of hydrogen-bond donors (Lipinski definition) is 0. The molecule has 0 amide bonds. The van der Waals surface area contributed by atoms with E-state index >= 15 is 0 Å². The number of rotatable bonds is 8. The summed E-state index contributed by atoms with van der Waals surface area (Å²) >= 11 is 0. The van der Waals surface area contributed by atoms with Crippen molar-refractivity contribution in [1.82, 2.24) is 13.4 Å². The zero-order valence-electron chi connectivity index (χ0n) is 16.9. The molecule has 9 nitrogen and oxygen atoms in total. The molecule has 0 aliphatic heterocycles. The molecule has 0 N–H and O–H groups in total. The fraction of sp³-hybridized carbons (Fsp3) is 0.300. The number of fused-ring (bicyclic) bond motifs is 1. The Bertz CT molecular complexity index is 1210. The molecule has 160 valence electrons. The number of carbonyl (C=O) groups excluding carboxylic acids is 1. The molecule has 2 aromatic carbocycles. The van der Waals surface area contributed by atoms with E-state index < -0.39 is 16.0 Å². The number of para-hydroxylation sites is 2. The largest absolute Gasteiger partial charge is 0.490 e. The summed E-state index contributed by atoms with van der Waals surface area (Å²) in [6.07, 6.45) is 0. The lowest BCUT2D eigenvalue weighted by Gasteiger charge is -2.12. The number of aryl methyl sites for hydroxylation is 1. The molecular weight excluding hydrogens is 410 g/mol. The second-order valence-corrected chi connectivity index (χ2v) is 8.90. The molecule has 3 rings (SSSR count). The maximum Gasteiger partial charge on any atom is 0.329 e. The van der Waals surface area contributed by atoms with Crippen LogP contribution in [-0.4, -0.2) is 55.1 Å². The molecule has 0 aliphatic carbocycles. The van der Waals surface area contributed by atoms with Crippen LogP contribution in [0.2, 0.25) is 0 Å². The Balaban J connectivity index is 1.53. The molecule has 0 saturated heterocycles. The van der Waals surface area contributed by atoms with Crippen LogP contribution in [0.25, 0.3) is 11.0 Å². The van der Waals surface area contributed by atoms with Gasteiger partial charge in [0, 0.05) is 21.1 Å². The third kappa shape index (κ3) is 4.39. The average Bonchev–Trinajstić information content (AvgIpc) is 2.96. The van der Waals surface area contributed by atoms with Crippen molar-refractivity contribution in [3.8, 4) is 5.75 Å². The van der Waals surface area contributed by atoms with E-state index in [1.807, 2.05) is 12.1 Å². The first kappa shape index (κ1) is 21.6. The fourth-order valence-electron chi connectivity index (χ4n) is 2.92. The van der Waals surface area contributed by atoms with Crippen molar-refractivity contribution >= 4 is 27.0 Å². The van der Waals surface area contributed by atoms with Gasteiger partial charge in [0.1, 0.15) is 25.5 Å². The van der Waals surface area contributed by atoms with Crippen LogP contribution in [0.5, 0.6) is 5.75 Å². The maximum absolute atomic E-state index is 12.3. The summed E-state index contributed by atoms with van der Waals surface area (Å²) in [5, 5.41) is 0. The highest BCUT2D eigenvalue weighted by molar-refractivity contribution is 7.89. The van der Waals surface area contributed by atoms with E-state index in [0.29, 0.717) is 11.3 Å². The van der Waals surface area contributed by atoms with Gasteiger partial charge in [-0.15, -0.1) is 0 Å². The van der Waals surface area contributed by atoms with Crippen molar-refractivity contribution in [3.63, 3.8) is 0 Å². The number of benzene rings is 2. The van der Waals surface area contributed by atoms with Gasteiger partial charge in [-0.05, 0) is 36.4 Å². The first-order chi connectivity index (χ1) is 14.2. The van der Waals surface area contributed by atoms with Crippen molar-refractivity contribution in [2.24, 2.45) is 7.05 Å². The number of sulfonamides is 1. The molecule has 0 unspecified atom stereocenters. The number of imidazole rings is 1. The van der Waals surface area contributed by atoms with E-state index in [0.717, 1.165) is 9.82 Å². The minimum atomic E-state index is -3.50. The second-order valence-electron chi connectivity index (χ2n) is 6.74. The van der Waals surface area contributed by atoms with Crippen molar-refractivity contribution in [2.45, 2.75) is 11.4 Å². The standard InChI is InChI=1S/C20H23N3O6S/c1-21(2)30(26,27)16-10-8-15(9-11-16)28-12-13-29-19(24)14-23-18-7-5-4-6-17(18)22(3)20(23)25/h4-11H,12-14H2,1-3H3. The maximum atomic E-state index is 12.3. The highest BCUT2D eigenvalue weighted by Gasteiger charge is 2.17. The normalized spacial score (nSPS) is 11.7. The van der Waals surface area contributed by atoms with Gasteiger partial charge in [-0.25, -0.2) is 17.5 Å². The number of aromatic nitrogens is 2. The average molecular weight is 433 g/mol. The molecule has 0 spiro atoms. The quantitative estimate of drug-likeness (QED) is 0.391. The lowest BCUT2D eigenvalue weighted by atomic mass is 10.3. The Morgan fingerprint density at radius 1 is 1.00 bits per heavy atom. The van der Waals surface area contributed by atoms with Crippen LogP contribution in [0, 0.1) is 0 Å². The molecule has 30 heavy (non-hydrogen) atoms. The SMILES string of the molecule is CN(C)S(=O)(=O)c1ccc(OCCOC(=O)Cn2c(=O)n(C)c3ccccc32)cc1. The van der Waals surface area contributed by atoms with E-state index in [1.165, 1.54) is 47.5 Å². The number of hydrogen-bond acceptors (Lipinski definition) is 6. The Morgan fingerprint density at radius 2 is 1.63 bits per heavy atom. The molecule has 0 bridgehead atoms. The van der Waals surface area contributed by atoms with Crippen LogP contribution in [0.1, 0.15) is 0 Å². The minimum absolute atomic E-state index is 0.00387. The number of ether oxygens (including phenoxy) is 2. The monoisotopic (exact) mass is 433 g/mol. The summed E-state index contributed by atoms with van der Waals surface area (Å²) in [7, 11) is 1.07. The first-order valence-corrected chi connectivity index (χ1v) is 10.6. The predicted octanol–water partition coefficient (Wildman–Crippen LogP) is 1.21. The van der Waals surface area contributed by atoms with Gasteiger partial charge >= 0.3 is 11.7 Å². The van der Waals surface area contributed by atoms with Crippen LogP contribution in [-0.2, 0) is 33.1 Å². The second kappa shape index (κ2) is 8.72. The van der Waals surface area contributed by atoms with Gasteiger partial charge in [-0.2, -0.15) is 0 Å². The number of esters is 1. The van der Waals surface area contributed by atoms with Gasteiger partial charge in [-0.3, -0.25) is 13.9 Å². The lowest BCUT2D eigenvalue weighted by Crippen LogP contribution is -2.27. The van der Waals surface area contributed by atoms with Crippen LogP contribution in [0.4, 0.5) is 0 Å². The summed E-state index contributed by atoms with van der Waals surface area (Å²) < 4.78 is 38.7. The van der Waals surface area contributed by atoms with Crippen molar-refractivity contribution < 1.29 is 22.7 Å². The summed E-state index contributed by atoms with van der Waals surface area (Å²) in [5.74, 6) is -0.0986. The smallest absolute Gasteiger partial charge is 0.329 e. The zero-order chi connectivity index (χ0) is 21.9. The van der Waals surface area contributed by atoms with Crippen molar-refractivity contribution in [3.05, 3.63) is 59.0 Å².